The topological polar surface area (TPSA) is 105 Å². The molecule has 1 aliphatic heterocycles. The molecule has 2 N–H and O–H groups in total. The van der Waals surface area contributed by atoms with Crippen LogP contribution >= 0.6 is 22.9 Å². The Kier molecular flexibility index (Phi) is 8.24. The summed E-state index contributed by atoms with van der Waals surface area (Å²) in [5.74, 6) is -1.65. The molecule has 3 heterocycles. The molecule has 6 rings (SSSR count). The van der Waals surface area contributed by atoms with Crippen molar-refractivity contribution in [1.29, 1.82) is 0 Å². The third kappa shape index (κ3) is 5.90. The molecule has 4 aromatic rings. The number of halogens is 2. The second-order valence-corrected chi connectivity index (χ2v) is 13.0. The zero-order chi connectivity index (χ0) is 30.2. The summed E-state index contributed by atoms with van der Waals surface area (Å²) in [5, 5.41) is 13.6. The summed E-state index contributed by atoms with van der Waals surface area (Å²) in [6, 6.07) is 10.2. The highest BCUT2D eigenvalue weighted by atomic mass is 35.5. The Bertz CT molecular complexity index is 1720. The van der Waals surface area contributed by atoms with Gasteiger partial charge in [0.1, 0.15) is 5.82 Å². The Morgan fingerprint density at radius 2 is 1.98 bits per heavy atom. The summed E-state index contributed by atoms with van der Waals surface area (Å²) in [4.78, 5) is 45.1. The molecule has 0 radical (unpaired) electrons. The molecule has 224 valence electrons. The lowest BCUT2D eigenvalue weighted by Gasteiger charge is -2.32. The summed E-state index contributed by atoms with van der Waals surface area (Å²) in [5.41, 5.74) is 1.67. The van der Waals surface area contributed by atoms with Gasteiger partial charge in [0.15, 0.2) is 0 Å². The number of benzene rings is 2. The van der Waals surface area contributed by atoms with Gasteiger partial charge in [-0.15, -0.1) is 11.3 Å². The first-order chi connectivity index (χ1) is 20.7. The van der Waals surface area contributed by atoms with Crippen molar-refractivity contribution in [3.63, 3.8) is 0 Å². The van der Waals surface area contributed by atoms with Crippen LogP contribution in [0, 0.1) is 11.7 Å². The quantitative estimate of drug-likeness (QED) is 0.236. The zero-order valence-electron chi connectivity index (χ0n) is 23.7. The second kappa shape index (κ2) is 12.1. The number of carbonyl (C=O) groups is 3. The molecule has 1 saturated heterocycles. The van der Waals surface area contributed by atoms with Crippen LogP contribution in [0.1, 0.15) is 63.8 Å². The number of carboxylic acids is 1. The fraction of sp³-hybridized carbons (Fsp3) is 0.375. The van der Waals surface area contributed by atoms with Crippen molar-refractivity contribution in [3.05, 3.63) is 80.6 Å². The van der Waals surface area contributed by atoms with E-state index in [9.17, 15) is 14.4 Å². The van der Waals surface area contributed by atoms with Crippen LogP contribution < -0.4 is 5.32 Å². The molecule has 2 amide bonds. The first-order valence-electron chi connectivity index (χ1n) is 14.5. The Labute approximate surface area is 257 Å². The number of para-hydroxylation sites is 1. The van der Waals surface area contributed by atoms with E-state index in [0.29, 0.717) is 18.5 Å². The van der Waals surface area contributed by atoms with Gasteiger partial charge < -0.3 is 19.9 Å². The predicted octanol–water partition coefficient (Wildman–Crippen LogP) is 6.42. The maximum atomic E-state index is 15.4. The Hall–Kier alpha value is -3.76. The van der Waals surface area contributed by atoms with Gasteiger partial charge in [0, 0.05) is 53.7 Å². The minimum Gasteiger partial charge on any atom is -0.481 e. The van der Waals surface area contributed by atoms with E-state index < -0.39 is 17.7 Å². The van der Waals surface area contributed by atoms with Crippen LogP contribution in [0.25, 0.3) is 10.9 Å². The van der Waals surface area contributed by atoms with Crippen molar-refractivity contribution in [1.82, 2.24) is 14.5 Å². The molecule has 1 aliphatic carbocycles. The number of aromatic nitrogens is 2. The molecule has 43 heavy (non-hydrogen) atoms. The lowest BCUT2D eigenvalue weighted by Crippen LogP contribution is -2.40. The number of amides is 2. The van der Waals surface area contributed by atoms with Crippen LogP contribution in [0.15, 0.2) is 48.8 Å². The fourth-order valence-electron chi connectivity index (χ4n) is 6.66. The highest BCUT2D eigenvalue weighted by Crippen LogP contribution is 2.46. The summed E-state index contributed by atoms with van der Waals surface area (Å²) in [6.07, 6.45) is 7.85. The first-order valence-corrected chi connectivity index (χ1v) is 15.7. The summed E-state index contributed by atoms with van der Waals surface area (Å²) >= 11 is 8.04. The Morgan fingerprint density at radius 1 is 1.19 bits per heavy atom. The molecule has 11 heteroatoms. The van der Waals surface area contributed by atoms with Crippen LogP contribution in [-0.4, -0.2) is 49.9 Å². The van der Waals surface area contributed by atoms with Crippen molar-refractivity contribution in [2.45, 2.75) is 56.9 Å². The number of nitrogens with zero attached hydrogens (tertiary/aromatic N) is 3. The number of hydrogen-bond donors (Lipinski definition) is 2. The molecule has 3 unspecified atom stereocenters. The van der Waals surface area contributed by atoms with Crippen LogP contribution in [0.3, 0.4) is 0 Å². The van der Waals surface area contributed by atoms with Crippen LogP contribution in [-0.2, 0) is 29.5 Å². The third-order valence-corrected chi connectivity index (χ3v) is 10.3. The summed E-state index contributed by atoms with van der Waals surface area (Å²) in [6.45, 7) is 0.509. The average molecular weight is 623 g/mol. The third-order valence-electron chi connectivity index (χ3n) is 8.75. The van der Waals surface area contributed by atoms with E-state index in [1.54, 1.807) is 12.4 Å². The van der Waals surface area contributed by atoms with Gasteiger partial charge in [0.25, 0.3) is 5.91 Å². The normalized spacial score (nSPS) is 19.9. The molecule has 2 aromatic carbocycles. The van der Waals surface area contributed by atoms with Crippen LogP contribution in [0.2, 0.25) is 5.02 Å². The van der Waals surface area contributed by atoms with Crippen molar-refractivity contribution in [3.8, 4) is 0 Å². The average Bonchev–Trinajstić information content (AvgIpc) is 3.70. The minimum atomic E-state index is -0.840. The minimum absolute atomic E-state index is 0.0583. The number of aliphatic carboxylic acids is 1. The number of anilines is 1. The number of likely N-dealkylation sites (tertiary alicyclic amines) is 1. The van der Waals surface area contributed by atoms with E-state index in [0.717, 1.165) is 46.5 Å². The number of hydrogen-bond acceptors (Lipinski definition) is 5. The molecule has 2 fully saturated rings. The fourth-order valence-corrected chi connectivity index (χ4v) is 7.98. The molecule has 1 saturated carbocycles. The standard InChI is InChI=1S/C32H32ClFN4O4S/c1-37-16-22(20-6-2-4-8-27(20)37)31(42)36-26-14-25(34)18(12-24(26)33)13-29(39)38-17-23(21-7-3-5-9-28(21)38)32-35-15-19(43-32)10-11-30(40)41/h2,4,6,8,12,14-16,21,23,28H,3,5,7,9-11,13,17H2,1H3,(H,36,42)(H,40,41). The molecule has 3 atom stereocenters. The highest BCUT2D eigenvalue weighted by Gasteiger charge is 2.46. The summed E-state index contributed by atoms with van der Waals surface area (Å²) < 4.78 is 17.2. The zero-order valence-corrected chi connectivity index (χ0v) is 25.3. The molecule has 2 aliphatic rings. The molecular formula is C32H32ClFN4O4S. The predicted molar refractivity (Wildman–Crippen MR) is 164 cm³/mol. The first kappa shape index (κ1) is 29.3. The van der Waals surface area contributed by atoms with Gasteiger partial charge in [-0.3, -0.25) is 14.4 Å². The van der Waals surface area contributed by atoms with E-state index in [-0.39, 0.29) is 52.9 Å². The number of rotatable bonds is 8. The number of thiazole rings is 1. The van der Waals surface area contributed by atoms with Gasteiger partial charge in [-0.05, 0) is 48.9 Å². The largest absolute Gasteiger partial charge is 0.481 e. The Balaban J connectivity index is 1.17. The van der Waals surface area contributed by atoms with Crippen LogP contribution in [0.5, 0.6) is 0 Å². The number of nitrogens with one attached hydrogen (secondary N) is 1. The van der Waals surface area contributed by atoms with Crippen molar-refractivity contribution in [2.24, 2.45) is 13.0 Å². The molecule has 0 spiro atoms. The number of fused-ring (bicyclic) bond motifs is 2. The number of carboxylic acid groups (broad SMARTS) is 1. The number of aryl methyl sites for hydroxylation is 2. The maximum Gasteiger partial charge on any atom is 0.303 e. The van der Waals surface area contributed by atoms with Gasteiger partial charge in [-0.1, -0.05) is 42.6 Å². The lowest BCUT2D eigenvalue weighted by molar-refractivity contribution is -0.137. The van der Waals surface area contributed by atoms with Crippen molar-refractivity contribution >= 4 is 57.3 Å². The van der Waals surface area contributed by atoms with Gasteiger partial charge >= 0.3 is 5.97 Å². The van der Waals surface area contributed by atoms with Gasteiger partial charge in [0.05, 0.1) is 34.1 Å². The molecule has 2 aromatic heterocycles. The SMILES string of the molecule is Cn1cc(C(=O)Nc2cc(F)c(CC(=O)N3CC(c4ncc(CCC(=O)O)s4)C4CCCCC43)cc2Cl)c2ccccc21. The van der Waals surface area contributed by atoms with E-state index in [1.807, 2.05) is 40.8 Å². The molecule has 0 bridgehead atoms. The van der Waals surface area contributed by atoms with Gasteiger partial charge in [-0.25, -0.2) is 9.37 Å². The Morgan fingerprint density at radius 3 is 2.79 bits per heavy atom. The highest BCUT2D eigenvalue weighted by molar-refractivity contribution is 7.11. The van der Waals surface area contributed by atoms with Crippen molar-refractivity contribution in [2.75, 3.05) is 11.9 Å². The van der Waals surface area contributed by atoms with Crippen molar-refractivity contribution < 1.29 is 23.9 Å². The van der Waals surface area contributed by atoms with E-state index in [2.05, 4.69) is 10.3 Å². The van der Waals surface area contributed by atoms with E-state index in [4.69, 9.17) is 16.7 Å². The molecular weight excluding hydrogens is 591 g/mol. The summed E-state index contributed by atoms with van der Waals surface area (Å²) in [7, 11) is 1.85. The monoisotopic (exact) mass is 622 g/mol. The number of carbonyl (C=O) groups excluding carboxylic acids is 2. The molecule has 8 nitrogen and oxygen atoms in total. The van der Waals surface area contributed by atoms with E-state index >= 15 is 4.39 Å². The maximum absolute atomic E-state index is 15.4. The van der Waals surface area contributed by atoms with E-state index in [1.165, 1.54) is 23.5 Å². The van der Waals surface area contributed by atoms with Gasteiger partial charge in [-0.2, -0.15) is 0 Å². The smallest absolute Gasteiger partial charge is 0.303 e. The second-order valence-electron chi connectivity index (χ2n) is 11.5. The van der Waals surface area contributed by atoms with Gasteiger partial charge in [0.2, 0.25) is 5.91 Å². The lowest BCUT2D eigenvalue weighted by atomic mass is 9.80. The van der Waals surface area contributed by atoms with Crippen LogP contribution in [0.4, 0.5) is 10.1 Å².